The number of rotatable bonds is 6. The first kappa shape index (κ1) is 21.7. The van der Waals surface area contributed by atoms with Crippen LogP contribution >= 0.6 is 11.3 Å². The number of hydrogen-bond acceptors (Lipinski definition) is 5. The third-order valence-electron chi connectivity index (χ3n) is 5.17. The first-order valence-electron chi connectivity index (χ1n) is 9.97. The zero-order chi connectivity index (χ0) is 21.8. The Balaban J connectivity index is 1.21. The number of ether oxygens (including phenoxy) is 1. The number of alkyl halides is 3. The fourth-order valence-electron chi connectivity index (χ4n) is 3.56. The molecule has 2 aromatic carbocycles. The number of fused-ring (bicyclic) bond motifs is 1. The molecular formula is C22H22F3N3O2S. The Hall–Kier alpha value is -2.49. The SMILES string of the molecule is O=C(COCc1nc2ccccc2s1)N1CCN(Cc2cccc(C(F)(F)F)c2)CC1. The van der Waals surface area contributed by atoms with Crippen LogP contribution < -0.4 is 0 Å². The highest BCUT2D eigenvalue weighted by molar-refractivity contribution is 7.18. The second-order valence-electron chi connectivity index (χ2n) is 7.42. The summed E-state index contributed by atoms with van der Waals surface area (Å²) in [5.41, 5.74) is 0.909. The van der Waals surface area contributed by atoms with Crippen LogP contribution in [0, 0.1) is 0 Å². The molecule has 0 N–H and O–H groups in total. The molecule has 2 heterocycles. The molecule has 0 saturated carbocycles. The van der Waals surface area contributed by atoms with Gasteiger partial charge in [-0.1, -0.05) is 30.3 Å². The first-order chi connectivity index (χ1) is 14.9. The summed E-state index contributed by atoms with van der Waals surface area (Å²) in [4.78, 5) is 20.7. The van der Waals surface area contributed by atoms with Crippen LogP contribution in [0.1, 0.15) is 16.1 Å². The van der Waals surface area contributed by atoms with Gasteiger partial charge in [0.05, 0.1) is 22.4 Å². The molecule has 1 aliphatic rings. The Labute approximate surface area is 182 Å². The van der Waals surface area contributed by atoms with Crippen molar-refractivity contribution in [1.82, 2.24) is 14.8 Å². The van der Waals surface area contributed by atoms with E-state index in [0.717, 1.165) is 21.3 Å². The van der Waals surface area contributed by atoms with Crippen LogP contribution in [0.4, 0.5) is 13.2 Å². The normalized spacial score (nSPS) is 15.5. The third-order valence-corrected chi connectivity index (χ3v) is 6.18. The van der Waals surface area contributed by atoms with E-state index in [1.165, 1.54) is 12.1 Å². The van der Waals surface area contributed by atoms with Gasteiger partial charge in [0.2, 0.25) is 5.91 Å². The molecule has 1 aliphatic heterocycles. The van der Waals surface area contributed by atoms with E-state index in [-0.39, 0.29) is 12.5 Å². The quantitative estimate of drug-likeness (QED) is 0.567. The number of benzene rings is 2. The van der Waals surface area contributed by atoms with Gasteiger partial charge in [-0.2, -0.15) is 13.2 Å². The van der Waals surface area contributed by atoms with Crippen molar-refractivity contribution in [3.05, 3.63) is 64.7 Å². The lowest BCUT2D eigenvalue weighted by molar-refractivity contribution is -0.139. The molecule has 0 unspecified atom stereocenters. The number of piperazine rings is 1. The first-order valence-corrected chi connectivity index (χ1v) is 10.8. The van der Waals surface area contributed by atoms with Crippen LogP contribution in [0.15, 0.2) is 48.5 Å². The Morgan fingerprint density at radius 1 is 1.06 bits per heavy atom. The smallest absolute Gasteiger partial charge is 0.364 e. The maximum Gasteiger partial charge on any atom is 0.416 e. The maximum atomic E-state index is 12.9. The van der Waals surface area contributed by atoms with E-state index >= 15 is 0 Å². The van der Waals surface area contributed by atoms with Gasteiger partial charge in [-0.25, -0.2) is 4.98 Å². The van der Waals surface area contributed by atoms with Crippen LogP contribution in [0.5, 0.6) is 0 Å². The Kier molecular flexibility index (Phi) is 6.54. The second-order valence-corrected chi connectivity index (χ2v) is 8.54. The average molecular weight is 449 g/mol. The molecule has 0 atom stereocenters. The number of halogens is 3. The monoisotopic (exact) mass is 449 g/mol. The number of aromatic nitrogens is 1. The summed E-state index contributed by atoms with van der Waals surface area (Å²) in [6.07, 6.45) is -4.34. The van der Waals surface area contributed by atoms with Crippen LogP contribution in [0.25, 0.3) is 10.2 Å². The summed E-state index contributed by atoms with van der Waals surface area (Å²) in [7, 11) is 0. The van der Waals surface area contributed by atoms with Gasteiger partial charge >= 0.3 is 6.18 Å². The number of hydrogen-bond donors (Lipinski definition) is 0. The van der Waals surface area contributed by atoms with E-state index < -0.39 is 11.7 Å². The van der Waals surface area contributed by atoms with Crippen LogP contribution in [-0.2, 0) is 28.9 Å². The van der Waals surface area contributed by atoms with Crippen LogP contribution in [0.3, 0.4) is 0 Å². The van der Waals surface area contributed by atoms with Gasteiger partial charge < -0.3 is 9.64 Å². The summed E-state index contributed by atoms with van der Waals surface area (Å²) in [5.74, 6) is -0.0835. The maximum absolute atomic E-state index is 12.9. The van der Waals surface area contributed by atoms with E-state index in [0.29, 0.717) is 44.9 Å². The minimum Gasteiger partial charge on any atom is -0.364 e. The van der Waals surface area contributed by atoms with Gasteiger partial charge in [0.15, 0.2) is 0 Å². The average Bonchev–Trinajstić information content (AvgIpc) is 3.16. The van der Waals surface area contributed by atoms with E-state index in [4.69, 9.17) is 4.74 Å². The lowest BCUT2D eigenvalue weighted by Gasteiger charge is -2.34. The van der Waals surface area contributed by atoms with E-state index in [1.807, 2.05) is 24.3 Å². The van der Waals surface area contributed by atoms with Crippen molar-refractivity contribution in [2.75, 3.05) is 32.8 Å². The molecular weight excluding hydrogens is 427 g/mol. The van der Waals surface area contributed by atoms with Gasteiger partial charge in [0, 0.05) is 32.7 Å². The molecule has 31 heavy (non-hydrogen) atoms. The molecule has 0 radical (unpaired) electrons. The highest BCUT2D eigenvalue weighted by Gasteiger charge is 2.30. The number of carbonyl (C=O) groups excluding carboxylic acids is 1. The van der Waals surface area contributed by atoms with E-state index in [2.05, 4.69) is 9.88 Å². The highest BCUT2D eigenvalue weighted by Crippen LogP contribution is 2.29. The molecule has 5 nitrogen and oxygen atoms in total. The lowest BCUT2D eigenvalue weighted by Crippen LogP contribution is -2.49. The van der Waals surface area contributed by atoms with Crippen molar-refractivity contribution in [3.8, 4) is 0 Å². The second kappa shape index (κ2) is 9.33. The van der Waals surface area contributed by atoms with Crippen molar-refractivity contribution in [1.29, 1.82) is 0 Å². The molecule has 0 aliphatic carbocycles. The molecule has 1 saturated heterocycles. The number of thiazole rings is 1. The number of carbonyl (C=O) groups is 1. The molecule has 9 heteroatoms. The molecule has 4 rings (SSSR count). The lowest BCUT2D eigenvalue weighted by atomic mass is 10.1. The third kappa shape index (κ3) is 5.61. The predicted molar refractivity (Wildman–Crippen MR) is 113 cm³/mol. The van der Waals surface area contributed by atoms with Crippen LogP contribution in [-0.4, -0.2) is 53.5 Å². The molecule has 1 aromatic heterocycles. The van der Waals surface area contributed by atoms with E-state index in [1.54, 1.807) is 22.3 Å². The minimum atomic E-state index is -4.34. The van der Waals surface area contributed by atoms with Crippen molar-refractivity contribution < 1.29 is 22.7 Å². The zero-order valence-corrected chi connectivity index (χ0v) is 17.6. The minimum absolute atomic E-state index is 0.0104. The summed E-state index contributed by atoms with van der Waals surface area (Å²) >= 11 is 1.55. The zero-order valence-electron chi connectivity index (χ0n) is 16.8. The number of amides is 1. The molecule has 0 spiro atoms. The molecule has 0 bridgehead atoms. The number of para-hydroxylation sites is 1. The van der Waals surface area contributed by atoms with Gasteiger partial charge in [0.1, 0.15) is 11.6 Å². The van der Waals surface area contributed by atoms with Gasteiger partial charge in [-0.05, 0) is 23.8 Å². The van der Waals surface area contributed by atoms with Crippen LogP contribution in [0.2, 0.25) is 0 Å². The fourth-order valence-corrected chi connectivity index (χ4v) is 4.46. The summed E-state index contributed by atoms with van der Waals surface area (Å²) in [5, 5.41) is 0.833. The van der Waals surface area contributed by atoms with E-state index in [9.17, 15) is 18.0 Å². The standard InChI is InChI=1S/C22H22F3N3O2S/c23-22(24,25)17-5-3-4-16(12-17)13-27-8-10-28(11-9-27)21(29)15-30-14-20-26-18-6-1-2-7-19(18)31-20/h1-7,12H,8-11,13-15H2. The van der Waals surface area contributed by atoms with Crippen molar-refractivity contribution in [2.45, 2.75) is 19.3 Å². The van der Waals surface area contributed by atoms with Crippen molar-refractivity contribution in [3.63, 3.8) is 0 Å². The van der Waals surface area contributed by atoms with Gasteiger partial charge in [-0.3, -0.25) is 9.69 Å². The molecule has 3 aromatic rings. The molecule has 1 fully saturated rings. The Morgan fingerprint density at radius 3 is 2.58 bits per heavy atom. The summed E-state index contributed by atoms with van der Waals surface area (Å²) < 4.78 is 45.3. The molecule has 1 amide bonds. The molecule has 164 valence electrons. The summed E-state index contributed by atoms with van der Waals surface area (Å²) in [6, 6.07) is 13.2. The Morgan fingerprint density at radius 2 is 1.84 bits per heavy atom. The fraction of sp³-hybridized carbons (Fsp3) is 0.364. The largest absolute Gasteiger partial charge is 0.416 e. The van der Waals surface area contributed by atoms with Crippen molar-refractivity contribution >= 4 is 27.5 Å². The predicted octanol–water partition coefficient (Wildman–Crippen LogP) is 4.18. The van der Waals surface area contributed by atoms with Gasteiger partial charge in [-0.15, -0.1) is 11.3 Å². The topological polar surface area (TPSA) is 45.7 Å². The van der Waals surface area contributed by atoms with Crippen molar-refractivity contribution in [2.24, 2.45) is 0 Å². The van der Waals surface area contributed by atoms with Gasteiger partial charge in [0.25, 0.3) is 0 Å². The Bertz CT molecular complexity index is 1010. The summed E-state index contributed by atoms with van der Waals surface area (Å²) in [6.45, 7) is 2.99. The highest BCUT2D eigenvalue weighted by atomic mass is 32.1. The number of nitrogens with zero attached hydrogens (tertiary/aromatic N) is 3.